The molecule has 2 aromatic carbocycles. The molecule has 2 heterocycles. The molecule has 2 aromatic rings. The Hall–Kier alpha value is -2.73. The summed E-state index contributed by atoms with van der Waals surface area (Å²) in [4.78, 5) is 29.6. The van der Waals surface area contributed by atoms with Crippen LogP contribution in [0.5, 0.6) is 5.75 Å². The largest absolute Gasteiger partial charge is 0.495 e. The van der Waals surface area contributed by atoms with E-state index in [2.05, 4.69) is 10.2 Å². The minimum Gasteiger partial charge on any atom is -0.495 e. The Bertz CT molecular complexity index is 946. The summed E-state index contributed by atoms with van der Waals surface area (Å²) in [5, 5.41) is 3.27. The normalized spacial score (nSPS) is 18.4. The monoisotopic (exact) mass is 399 g/mol. The van der Waals surface area contributed by atoms with Crippen molar-refractivity contribution in [2.24, 2.45) is 0 Å². The number of halogens is 1. The van der Waals surface area contributed by atoms with Crippen molar-refractivity contribution in [1.29, 1.82) is 0 Å². The number of fused-ring (bicyclic) bond motifs is 2. The number of hydrogen-bond acceptors (Lipinski definition) is 4. The van der Waals surface area contributed by atoms with Crippen molar-refractivity contribution in [3.05, 3.63) is 52.5 Å². The van der Waals surface area contributed by atoms with Crippen molar-refractivity contribution in [1.82, 2.24) is 4.90 Å². The standard InChI is InChI=1S/C21H22ClN3O3/c1-24-17-11-13(20(26)23-14-7-9-18(28-2)16(22)12-14)6-8-15(17)21(27)25-10-4-3-5-19(24)25/h6-9,11-12,19H,3-5,10H2,1-2H3,(H,23,26). The van der Waals surface area contributed by atoms with Gasteiger partial charge in [-0.2, -0.15) is 0 Å². The van der Waals surface area contributed by atoms with Gasteiger partial charge in [0.25, 0.3) is 11.8 Å². The van der Waals surface area contributed by atoms with Gasteiger partial charge in [0.05, 0.1) is 23.4 Å². The summed E-state index contributed by atoms with van der Waals surface area (Å²) >= 11 is 6.13. The zero-order chi connectivity index (χ0) is 19.8. The average molecular weight is 400 g/mol. The molecule has 1 fully saturated rings. The molecular weight excluding hydrogens is 378 g/mol. The highest BCUT2D eigenvalue weighted by Gasteiger charge is 2.37. The number of nitrogens with zero attached hydrogens (tertiary/aromatic N) is 2. The maximum absolute atomic E-state index is 12.8. The summed E-state index contributed by atoms with van der Waals surface area (Å²) in [6.45, 7) is 0.785. The van der Waals surface area contributed by atoms with E-state index in [4.69, 9.17) is 16.3 Å². The smallest absolute Gasteiger partial charge is 0.257 e. The lowest BCUT2D eigenvalue weighted by molar-refractivity contribution is 0.0589. The maximum Gasteiger partial charge on any atom is 0.257 e. The second kappa shape index (κ2) is 7.36. The quantitative estimate of drug-likeness (QED) is 0.847. The highest BCUT2D eigenvalue weighted by molar-refractivity contribution is 6.32. The van der Waals surface area contributed by atoms with E-state index in [9.17, 15) is 9.59 Å². The highest BCUT2D eigenvalue weighted by atomic mass is 35.5. The predicted molar refractivity (Wildman–Crippen MR) is 109 cm³/mol. The summed E-state index contributed by atoms with van der Waals surface area (Å²) in [6.07, 6.45) is 3.15. The van der Waals surface area contributed by atoms with Crippen LogP contribution in [0.25, 0.3) is 0 Å². The molecule has 1 unspecified atom stereocenters. The van der Waals surface area contributed by atoms with Crippen LogP contribution >= 0.6 is 11.6 Å². The lowest BCUT2D eigenvalue weighted by atomic mass is 9.97. The number of carbonyl (C=O) groups excluding carboxylic acids is 2. The van der Waals surface area contributed by atoms with Gasteiger partial charge in [-0.15, -0.1) is 0 Å². The minimum absolute atomic E-state index is 0.0479. The van der Waals surface area contributed by atoms with Gasteiger partial charge in [0, 0.05) is 24.8 Å². The molecule has 0 spiro atoms. The molecule has 28 heavy (non-hydrogen) atoms. The molecule has 2 amide bonds. The van der Waals surface area contributed by atoms with E-state index in [-0.39, 0.29) is 18.0 Å². The Morgan fingerprint density at radius 3 is 2.79 bits per heavy atom. The molecule has 146 valence electrons. The lowest BCUT2D eigenvalue weighted by Gasteiger charge is -2.46. The number of nitrogens with one attached hydrogen (secondary N) is 1. The third-order valence-corrected chi connectivity index (χ3v) is 5.75. The Morgan fingerprint density at radius 2 is 2.04 bits per heavy atom. The first-order chi connectivity index (χ1) is 13.5. The first-order valence-corrected chi connectivity index (χ1v) is 9.70. The van der Waals surface area contributed by atoms with Gasteiger partial charge in [0.1, 0.15) is 11.9 Å². The van der Waals surface area contributed by atoms with Crippen LogP contribution < -0.4 is 15.0 Å². The minimum atomic E-state index is -0.254. The number of methoxy groups -OCH3 is 1. The van der Waals surface area contributed by atoms with Crippen molar-refractivity contribution in [2.45, 2.75) is 25.4 Å². The molecule has 0 aliphatic carbocycles. The van der Waals surface area contributed by atoms with E-state index in [0.29, 0.717) is 27.6 Å². The second-order valence-corrected chi connectivity index (χ2v) is 7.53. The topological polar surface area (TPSA) is 61.9 Å². The zero-order valence-electron chi connectivity index (χ0n) is 15.9. The number of hydrogen-bond donors (Lipinski definition) is 1. The second-order valence-electron chi connectivity index (χ2n) is 7.12. The van der Waals surface area contributed by atoms with Crippen LogP contribution in [0, 0.1) is 0 Å². The van der Waals surface area contributed by atoms with Crippen molar-refractivity contribution >= 4 is 34.8 Å². The maximum atomic E-state index is 12.8. The van der Waals surface area contributed by atoms with Crippen LogP contribution in [-0.4, -0.2) is 43.6 Å². The van der Waals surface area contributed by atoms with Crippen LogP contribution in [0.2, 0.25) is 5.02 Å². The molecule has 0 aromatic heterocycles. The van der Waals surface area contributed by atoms with Gasteiger partial charge in [-0.1, -0.05) is 11.6 Å². The number of ether oxygens (including phenoxy) is 1. The summed E-state index contributed by atoms with van der Waals surface area (Å²) in [5.74, 6) is 0.341. The van der Waals surface area contributed by atoms with E-state index in [1.807, 2.05) is 11.9 Å². The third-order valence-electron chi connectivity index (χ3n) is 5.46. The summed E-state index contributed by atoms with van der Waals surface area (Å²) in [6, 6.07) is 10.3. The number of carbonyl (C=O) groups is 2. The van der Waals surface area contributed by atoms with Gasteiger partial charge < -0.3 is 19.9 Å². The van der Waals surface area contributed by atoms with Crippen LogP contribution in [0.1, 0.15) is 40.0 Å². The van der Waals surface area contributed by atoms with E-state index in [1.54, 1.807) is 36.4 Å². The number of piperidine rings is 1. The first kappa shape index (κ1) is 18.6. The fraction of sp³-hybridized carbons (Fsp3) is 0.333. The Morgan fingerprint density at radius 1 is 1.21 bits per heavy atom. The average Bonchev–Trinajstić information content (AvgIpc) is 2.71. The predicted octanol–water partition coefficient (Wildman–Crippen LogP) is 4.00. The van der Waals surface area contributed by atoms with E-state index < -0.39 is 0 Å². The summed E-state index contributed by atoms with van der Waals surface area (Å²) < 4.78 is 5.13. The van der Waals surface area contributed by atoms with Crippen LogP contribution in [-0.2, 0) is 0 Å². The zero-order valence-corrected chi connectivity index (χ0v) is 16.6. The van der Waals surface area contributed by atoms with Crippen molar-refractivity contribution in [3.8, 4) is 5.75 Å². The van der Waals surface area contributed by atoms with Crippen molar-refractivity contribution < 1.29 is 14.3 Å². The molecule has 0 radical (unpaired) electrons. The fourth-order valence-corrected chi connectivity index (χ4v) is 4.22. The van der Waals surface area contributed by atoms with Gasteiger partial charge in [0.15, 0.2) is 0 Å². The lowest BCUT2D eigenvalue weighted by Crippen LogP contribution is -2.55. The molecule has 2 aliphatic heterocycles. The molecule has 1 saturated heterocycles. The Balaban J connectivity index is 1.60. The molecular formula is C21H22ClN3O3. The molecule has 0 bridgehead atoms. The SMILES string of the molecule is COc1ccc(NC(=O)c2ccc3c(c2)N(C)C2CCCCN2C3=O)cc1Cl. The molecule has 4 rings (SSSR count). The summed E-state index contributed by atoms with van der Waals surface area (Å²) in [5.41, 5.74) is 2.52. The van der Waals surface area contributed by atoms with Crippen LogP contribution in [0.4, 0.5) is 11.4 Å². The van der Waals surface area contributed by atoms with E-state index in [1.165, 1.54) is 7.11 Å². The van der Waals surface area contributed by atoms with Crippen molar-refractivity contribution in [3.63, 3.8) is 0 Å². The summed E-state index contributed by atoms with van der Waals surface area (Å²) in [7, 11) is 3.52. The third kappa shape index (κ3) is 3.18. The van der Waals surface area contributed by atoms with Gasteiger partial charge >= 0.3 is 0 Å². The molecule has 7 heteroatoms. The first-order valence-electron chi connectivity index (χ1n) is 9.32. The number of rotatable bonds is 3. The molecule has 6 nitrogen and oxygen atoms in total. The number of amides is 2. The van der Waals surface area contributed by atoms with Crippen LogP contribution in [0.3, 0.4) is 0 Å². The van der Waals surface area contributed by atoms with Gasteiger partial charge in [-0.3, -0.25) is 9.59 Å². The molecule has 2 aliphatic rings. The fourth-order valence-electron chi connectivity index (χ4n) is 3.96. The number of benzene rings is 2. The molecule has 1 N–H and O–H groups in total. The highest BCUT2D eigenvalue weighted by Crippen LogP contribution is 2.35. The van der Waals surface area contributed by atoms with Gasteiger partial charge in [0.2, 0.25) is 0 Å². The Kier molecular flexibility index (Phi) is 4.89. The van der Waals surface area contributed by atoms with E-state index >= 15 is 0 Å². The molecule has 0 saturated carbocycles. The van der Waals surface area contributed by atoms with Crippen molar-refractivity contribution in [2.75, 3.05) is 30.9 Å². The number of anilines is 2. The Labute approximate surface area is 169 Å². The van der Waals surface area contributed by atoms with Crippen LogP contribution in [0.15, 0.2) is 36.4 Å². The van der Waals surface area contributed by atoms with Gasteiger partial charge in [-0.05, 0) is 55.7 Å². The van der Waals surface area contributed by atoms with E-state index in [0.717, 1.165) is 31.5 Å². The molecule has 1 atom stereocenters. The van der Waals surface area contributed by atoms with Gasteiger partial charge in [-0.25, -0.2) is 0 Å².